The molecule has 1 atom stereocenters. The Labute approximate surface area is 147 Å². The second-order valence-corrected chi connectivity index (χ2v) is 6.35. The fraction of sp³-hybridized carbons (Fsp3) is 0.316. The molecule has 1 heterocycles. The van der Waals surface area contributed by atoms with Crippen molar-refractivity contribution in [1.29, 1.82) is 0 Å². The number of rotatable bonds is 4. The molecule has 0 saturated heterocycles. The summed E-state index contributed by atoms with van der Waals surface area (Å²) in [5.41, 5.74) is 3.12. The van der Waals surface area contributed by atoms with Crippen LogP contribution in [-0.4, -0.2) is 25.6 Å². The quantitative estimate of drug-likeness (QED) is 0.906. The zero-order valence-electron chi connectivity index (χ0n) is 13.9. The van der Waals surface area contributed by atoms with E-state index in [1.165, 1.54) is 5.56 Å². The molecule has 4 nitrogen and oxygen atoms in total. The lowest BCUT2D eigenvalue weighted by atomic mass is 10.00. The summed E-state index contributed by atoms with van der Waals surface area (Å²) in [7, 11) is 1.56. The number of para-hydroxylation sites is 1. The van der Waals surface area contributed by atoms with Gasteiger partial charge in [-0.2, -0.15) is 0 Å². The average Bonchev–Trinajstić information content (AvgIpc) is 2.60. The number of methoxy groups -OCH3 is 1. The molecule has 126 valence electrons. The predicted molar refractivity (Wildman–Crippen MR) is 98.2 cm³/mol. The van der Waals surface area contributed by atoms with Gasteiger partial charge in [-0.15, -0.1) is 0 Å². The summed E-state index contributed by atoms with van der Waals surface area (Å²) in [4.78, 5) is 14.8. The second-order valence-electron chi connectivity index (χ2n) is 5.94. The van der Waals surface area contributed by atoms with Crippen LogP contribution >= 0.6 is 11.6 Å². The molecule has 0 spiro atoms. The lowest BCUT2D eigenvalue weighted by Crippen LogP contribution is -2.44. The third-order valence-corrected chi connectivity index (χ3v) is 4.71. The first-order valence-corrected chi connectivity index (χ1v) is 8.47. The van der Waals surface area contributed by atoms with E-state index in [1.54, 1.807) is 25.3 Å². The Morgan fingerprint density at radius 1 is 1.29 bits per heavy atom. The highest BCUT2D eigenvalue weighted by molar-refractivity contribution is 6.32. The van der Waals surface area contributed by atoms with Crippen LogP contribution in [0.25, 0.3) is 0 Å². The Morgan fingerprint density at radius 3 is 2.83 bits per heavy atom. The van der Waals surface area contributed by atoms with Gasteiger partial charge < -0.3 is 15.0 Å². The summed E-state index contributed by atoms with van der Waals surface area (Å²) >= 11 is 6.12. The van der Waals surface area contributed by atoms with Gasteiger partial charge in [0.15, 0.2) is 0 Å². The Morgan fingerprint density at radius 2 is 2.08 bits per heavy atom. The van der Waals surface area contributed by atoms with Gasteiger partial charge in [-0.3, -0.25) is 4.79 Å². The normalized spacial score (nSPS) is 14.7. The van der Waals surface area contributed by atoms with Crippen molar-refractivity contribution in [2.45, 2.75) is 25.8 Å². The molecule has 0 radical (unpaired) electrons. The molecular formula is C19H21ClN2O2. The highest BCUT2D eigenvalue weighted by atomic mass is 35.5. The van der Waals surface area contributed by atoms with Crippen LogP contribution in [0.5, 0.6) is 5.75 Å². The van der Waals surface area contributed by atoms with E-state index in [4.69, 9.17) is 16.3 Å². The molecule has 1 aliphatic heterocycles. The molecule has 0 bridgehead atoms. The number of anilines is 2. The minimum atomic E-state index is -0.257. The summed E-state index contributed by atoms with van der Waals surface area (Å²) < 4.78 is 5.13. The SMILES string of the molecule is COc1ccc(NC(=O)[C@H](C)N2CCCc3ccccc32)cc1Cl. The number of ether oxygens (including phenoxy) is 1. The van der Waals surface area contributed by atoms with Crippen molar-refractivity contribution in [2.24, 2.45) is 0 Å². The summed E-state index contributed by atoms with van der Waals surface area (Å²) in [5.74, 6) is 0.542. The lowest BCUT2D eigenvalue weighted by Gasteiger charge is -2.35. The Balaban J connectivity index is 1.75. The molecule has 5 heteroatoms. The minimum absolute atomic E-state index is 0.0482. The van der Waals surface area contributed by atoms with Crippen LogP contribution in [0.15, 0.2) is 42.5 Å². The first-order chi connectivity index (χ1) is 11.6. The Bertz CT molecular complexity index is 748. The van der Waals surface area contributed by atoms with E-state index in [2.05, 4.69) is 22.3 Å². The van der Waals surface area contributed by atoms with Crippen LogP contribution in [0.1, 0.15) is 18.9 Å². The van der Waals surface area contributed by atoms with E-state index in [1.807, 2.05) is 19.1 Å². The molecule has 0 saturated carbocycles. The summed E-state index contributed by atoms with van der Waals surface area (Å²) in [6.45, 7) is 2.82. The molecule has 1 aliphatic rings. The number of benzene rings is 2. The monoisotopic (exact) mass is 344 g/mol. The van der Waals surface area contributed by atoms with Gasteiger partial charge in [-0.05, 0) is 49.6 Å². The molecule has 0 unspecified atom stereocenters. The number of hydrogen-bond donors (Lipinski definition) is 1. The van der Waals surface area contributed by atoms with Gasteiger partial charge in [0, 0.05) is 17.9 Å². The van der Waals surface area contributed by atoms with E-state index < -0.39 is 0 Å². The maximum atomic E-state index is 12.7. The number of nitrogens with one attached hydrogen (secondary N) is 1. The second kappa shape index (κ2) is 7.14. The number of carbonyl (C=O) groups excluding carboxylic acids is 1. The number of aryl methyl sites for hydroxylation is 1. The van der Waals surface area contributed by atoms with E-state index in [9.17, 15) is 4.79 Å². The summed E-state index contributed by atoms with van der Waals surface area (Å²) in [6, 6.07) is 13.3. The number of halogens is 1. The highest BCUT2D eigenvalue weighted by Gasteiger charge is 2.25. The predicted octanol–water partition coefficient (Wildman–Crippen LogP) is 4.13. The Kier molecular flexibility index (Phi) is 4.95. The topological polar surface area (TPSA) is 41.6 Å². The van der Waals surface area contributed by atoms with Gasteiger partial charge in [-0.25, -0.2) is 0 Å². The third-order valence-electron chi connectivity index (χ3n) is 4.41. The first-order valence-electron chi connectivity index (χ1n) is 8.09. The minimum Gasteiger partial charge on any atom is -0.495 e. The maximum Gasteiger partial charge on any atom is 0.246 e. The highest BCUT2D eigenvalue weighted by Crippen LogP contribution is 2.30. The van der Waals surface area contributed by atoms with Gasteiger partial charge in [0.25, 0.3) is 0 Å². The smallest absolute Gasteiger partial charge is 0.246 e. The largest absolute Gasteiger partial charge is 0.495 e. The van der Waals surface area contributed by atoms with Gasteiger partial charge in [0.2, 0.25) is 5.91 Å². The fourth-order valence-electron chi connectivity index (χ4n) is 3.10. The van der Waals surface area contributed by atoms with E-state index in [0.717, 1.165) is 25.1 Å². The molecule has 0 aliphatic carbocycles. The molecule has 2 aromatic rings. The van der Waals surface area contributed by atoms with Crippen LogP contribution < -0.4 is 15.0 Å². The van der Waals surface area contributed by atoms with Gasteiger partial charge in [0.1, 0.15) is 11.8 Å². The number of hydrogen-bond acceptors (Lipinski definition) is 3. The fourth-order valence-corrected chi connectivity index (χ4v) is 3.36. The van der Waals surface area contributed by atoms with Gasteiger partial charge >= 0.3 is 0 Å². The Hall–Kier alpha value is -2.20. The molecular weight excluding hydrogens is 324 g/mol. The van der Waals surface area contributed by atoms with Crippen LogP contribution in [-0.2, 0) is 11.2 Å². The van der Waals surface area contributed by atoms with Gasteiger partial charge in [-0.1, -0.05) is 29.8 Å². The van der Waals surface area contributed by atoms with Gasteiger partial charge in [0.05, 0.1) is 12.1 Å². The third kappa shape index (κ3) is 3.34. The zero-order valence-corrected chi connectivity index (χ0v) is 14.6. The van der Waals surface area contributed by atoms with Crippen molar-refractivity contribution in [2.75, 3.05) is 23.9 Å². The van der Waals surface area contributed by atoms with Crippen LogP contribution in [0.4, 0.5) is 11.4 Å². The number of amides is 1. The van der Waals surface area contributed by atoms with Crippen molar-refractivity contribution < 1.29 is 9.53 Å². The maximum absolute atomic E-state index is 12.7. The number of carbonyl (C=O) groups is 1. The van der Waals surface area contributed by atoms with Crippen LogP contribution in [0.3, 0.4) is 0 Å². The van der Waals surface area contributed by atoms with Crippen molar-refractivity contribution in [3.05, 3.63) is 53.1 Å². The van der Waals surface area contributed by atoms with Crippen molar-refractivity contribution in [3.63, 3.8) is 0 Å². The lowest BCUT2D eigenvalue weighted by molar-refractivity contribution is -0.117. The van der Waals surface area contributed by atoms with E-state index >= 15 is 0 Å². The van der Waals surface area contributed by atoms with E-state index in [-0.39, 0.29) is 11.9 Å². The molecule has 24 heavy (non-hydrogen) atoms. The molecule has 0 aromatic heterocycles. The van der Waals surface area contributed by atoms with Crippen LogP contribution in [0.2, 0.25) is 5.02 Å². The molecule has 0 fully saturated rings. The molecule has 2 aromatic carbocycles. The van der Waals surface area contributed by atoms with Crippen molar-refractivity contribution in [1.82, 2.24) is 0 Å². The first kappa shape index (κ1) is 16.7. The zero-order chi connectivity index (χ0) is 17.1. The molecule has 1 amide bonds. The molecule has 1 N–H and O–H groups in total. The van der Waals surface area contributed by atoms with E-state index in [0.29, 0.717) is 16.5 Å². The van der Waals surface area contributed by atoms with Crippen LogP contribution in [0, 0.1) is 0 Å². The molecule has 3 rings (SSSR count). The van der Waals surface area contributed by atoms with Crippen molar-refractivity contribution in [3.8, 4) is 5.75 Å². The summed E-state index contributed by atoms with van der Waals surface area (Å²) in [6.07, 6.45) is 2.12. The van der Waals surface area contributed by atoms with Crippen molar-refractivity contribution >= 4 is 28.9 Å². The number of nitrogens with zero attached hydrogens (tertiary/aromatic N) is 1. The number of fused-ring (bicyclic) bond motifs is 1. The average molecular weight is 345 g/mol. The standard InChI is InChI=1S/C19H21ClN2O2/c1-13(22-11-5-7-14-6-3-4-8-17(14)22)19(23)21-15-9-10-18(24-2)16(20)12-15/h3-4,6,8-10,12-13H,5,7,11H2,1-2H3,(H,21,23)/t13-/m0/s1. The summed E-state index contributed by atoms with van der Waals surface area (Å²) in [5, 5.41) is 3.42.